The van der Waals surface area contributed by atoms with Crippen LogP contribution in [0.2, 0.25) is 0 Å². The first kappa shape index (κ1) is 17.1. The molecule has 1 aromatic rings. The number of carboxylic acid groups (broad SMARTS) is 1. The van der Waals surface area contributed by atoms with Crippen molar-refractivity contribution in [2.24, 2.45) is 0 Å². The maximum absolute atomic E-state index is 12.2. The Kier molecular flexibility index (Phi) is 5.41. The van der Waals surface area contributed by atoms with Gasteiger partial charge in [0, 0.05) is 0 Å². The summed E-state index contributed by atoms with van der Waals surface area (Å²) < 4.78 is 30.7. The number of carbonyl (C=O) groups excluding carboxylic acids is 1. The number of aliphatic hydroxyl groups is 1. The van der Waals surface area contributed by atoms with Crippen LogP contribution in [-0.2, 0) is 19.6 Å². The van der Waals surface area contributed by atoms with E-state index in [-0.39, 0.29) is 10.5 Å². The number of carbonyl (C=O) groups is 2. The zero-order chi connectivity index (χ0) is 16.2. The van der Waals surface area contributed by atoms with Gasteiger partial charge in [-0.25, -0.2) is 13.2 Å². The van der Waals surface area contributed by atoms with Crippen LogP contribution in [0.1, 0.15) is 15.9 Å². The smallest absolute Gasteiger partial charge is 0.337 e. The first-order valence-electron chi connectivity index (χ1n) is 5.78. The molecule has 0 aliphatic heterocycles. The lowest BCUT2D eigenvalue weighted by atomic mass is 10.1. The molecule has 1 unspecified atom stereocenters. The summed E-state index contributed by atoms with van der Waals surface area (Å²) in [6.45, 7) is 0.592. The van der Waals surface area contributed by atoms with E-state index in [0.717, 1.165) is 13.2 Å². The second-order valence-electron chi connectivity index (χ2n) is 4.17. The van der Waals surface area contributed by atoms with Gasteiger partial charge in [0.25, 0.3) is 0 Å². The van der Waals surface area contributed by atoms with Gasteiger partial charge in [-0.1, -0.05) is 6.07 Å². The van der Waals surface area contributed by atoms with Crippen molar-refractivity contribution in [1.29, 1.82) is 0 Å². The third-order valence-corrected chi connectivity index (χ3v) is 4.29. The highest BCUT2D eigenvalue weighted by Gasteiger charge is 2.26. The van der Waals surface area contributed by atoms with Crippen molar-refractivity contribution in [2.75, 3.05) is 13.7 Å². The van der Waals surface area contributed by atoms with E-state index in [1.54, 1.807) is 0 Å². The van der Waals surface area contributed by atoms with Crippen molar-refractivity contribution < 1.29 is 33.0 Å². The summed E-state index contributed by atoms with van der Waals surface area (Å²) in [5.41, 5.74) is 0.330. The molecule has 0 aliphatic carbocycles. The molecule has 0 fully saturated rings. The first-order chi connectivity index (χ1) is 9.72. The lowest BCUT2D eigenvalue weighted by Crippen LogP contribution is -2.43. The molecule has 0 saturated heterocycles. The predicted octanol–water partition coefficient (Wildman–Crippen LogP) is -0.495. The molecule has 0 aromatic heterocycles. The van der Waals surface area contributed by atoms with Gasteiger partial charge in [-0.15, -0.1) is 0 Å². The summed E-state index contributed by atoms with van der Waals surface area (Å²) in [6.07, 6.45) is 0. The Morgan fingerprint density at radius 1 is 1.38 bits per heavy atom. The molecule has 0 radical (unpaired) electrons. The SMILES string of the molecule is COC(=O)c1ccc(C)c(S(=O)(=O)NC(CO)C(=O)O)c1. The maximum atomic E-state index is 12.2. The molecule has 8 nitrogen and oxygen atoms in total. The first-order valence-corrected chi connectivity index (χ1v) is 7.26. The van der Waals surface area contributed by atoms with Crippen LogP contribution in [0.5, 0.6) is 0 Å². The maximum Gasteiger partial charge on any atom is 0.337 e. The van der Waals surface area contributed by atoms with Crippen molar-refractivity contribution in [3.8, 4) is 0 Å². The molecular weight excluding hydrogens is 302 g/mol. The molecular formula is C12H15NO7S. The van der Waals surface area contributed by atoms with Crippen LogP contribution >= 0.6 is 0 Å². The topological polar surface area (TPSA) is 130 Å². The minimum absolute atomic E-state index is 0.0133. The fraction of sp³-hybridized carbons (Fsp3) is 0.333. The van der Waals surface area contributed by atoms with E-state index in [9.17, 15) is 18.0 Å². The van der Waals surface area contributed by atoms with Crippen LogP contribution in [0, 0.1) is 6.92 Å². The summed E-state index contributed by atoms with van der Waals surface area (Å²) in [5.74, 6) is -2.23. The van der Waals surface area contributed by atoms with Gasteiger partial charge < -0.3 is 14.9 Å². The molecule has 1 rings (SSSR count). The van der Waals surface area contributed by atoms with Gasteiger partial charge in [0.15, 0.2) is 0 Å². The number of aliphatic carboxylic acids is 1. The lowest BCUT2D eigenvalue weighted by Gasteiger charge is -2.14. The minimum Gasteiger partial charge on any atom is -0.480 e. The molecule has 21 heavy (non-hydrogen) atoms. The van der Waals surface area contributed by atoms with E-state index in [1.165, 1.54) is 19.1 Å². The molecule has 116 valence electrons. The van der Waals surface area contributed by atoms with E-state index in [2.05, 4.69) is 4.74 Å². The van der Waals surface area contributed by atoms with Crippen molar-refractivity contribution in [3.63, 3.8) is 0 Å². The number of ether oxygens (including phenoxy) is 1. The molecule has 0 heterocycles. The van der Waals surface area contributed by atoms with Gasteiger partial charge >= 0.3 is 11.9 Å². The van der Waals surface area contributed by atoms with E-state index >= 15 is 0 Å². The Morgan fingerprint density at radius 2 is 2.00 bits per heavy atom. The number of nitrogens with one attached hydrogen (secondary N) is 1. The second-order valence-corrected chi connectivity index (χ2v) is 5.85. The Hall–Kier alpha value is -1.97. The van der Waals surface area contributed by atoms with Gasteiger partial charge in [-0.3, -0.25) is 4.79 Å². The summed E-state index contributed by atoms with van der Waals surface area (Å²) in [6, 6.07) is 2.20. The molecule has 1 aromatic carbocycles. The standard InChI is InChI=1S/C12H15NO7S/c1-7-3-4-8(12(17)20-2)5-10(7)21(18,19)13-9(6-14)11(15)16/h3-5,9,13-14H,6H2,1-2H3,(H,15,16). The van der Waals surface area contributed by atoms with Crippen LogP contribution in [0.25, 0.3) is 0 Å². The molecule has 0 aliphatic rings. The average Bonchev–Trinajstić information content (AvgIpc) is 2.43. The highest BCUT2D eigenvalue weighted by molar-refractivity contribution is 7.89. The van der Waals surface area contributed by atoms with Gasteiger partial charge in [0.1, 0.15) is 6.04 Å². The number of aliphatic hydroxyl groups excluding tert-OH is 1. The predicted molar refractivity (Wildman–Crippen MR) is 71.3 cm³/mol. The Morgan fingerprint density at radius 3 is 2.48 bits per heavy atom. The zero-order valence-corrected chi connectivity index (χ0v) is 12.2. The quantitative estimate of drug-likeness (QED) is 0.603. The van der Waals surface area contributed by atoms with Gasteiger partial charge in [-0.05, 0) is 24.6 Å². The van der Waals surface area contributed by atoms with Gasteiger partial charge in [-0.2, -0.15) is 4.72 Å². The molecule has 0 bridgehead atoms. The van der Waals surface area contributed by atoms with Crippen molar-refractivity contribution in [1.82, 2.24) is 4.72 Å². The molecule has 0 spiro atoms. The summed E-state index contributed by atoms with van der Waals surface area (Å²) in [5, 5.41) is 17.6. The lowest BCUT2D eigenvalue weighted by molar-refractivity contribution is -0.139. The number of rotatable bonds is 6. The Balaban J connectivity index is 3.24. The number of hydrogen-bond donors (Lipinski definition) is 3. The van der Waals surface area contributed by atoms with Crippen molar-refractivity contribution in [3.05, 3.63) is 29.3 Å². The van der Waals surface area contributed by atoms with E-state index in [0.29, 0.717) is 5.56 Å². The highest BCUT2D eigenvalue weighted by atomic mass is 32.2. The van der Waals surface area contributed by atoms with Crippen LogP contribution < -0.4 is 4.72 Å². The number of benzene rings is 1. The summed E-state index contributed by atoms with van der Waals surface area (Å²) in [7, 11) is -3.06. The van der Waals surface area contributed by atoms with Crippen molar-refractivity contribution in [2.45, 2.75) is 17.9 Å². The Bertz CT molecular complexity index is 654. The number of aryl methyl sites for hydroxylation is 1. The van der Waals surface area contributed by atoms with E-state index in [1.807, 2.05) is 4.72 Å². The van der Waals surface area contributed by atoms with Crippen LogP contribution in [-0.4, -0.2) is 50.3 Å². The highest BCUT2D eigenvalue weighted by Crippen LogP contribution is 2.18. The average molecular weight is 317 g/mol. The van der Waals surface area contributed by atoms with Gasteiger partial charge in [0.2, 0.25) is 10.0 Å². The number of hydrogen-bond acceptors (Lipinski definition) is 6. The van der Waals surface area contributed by atoms with Crippen molar-refractivity contribution >= 4 is 22.0 Å². The minimum atomic E-state index is -4.21. The fourth-order valence-electron chi connectivity index (χ4n) is 1.55. The van der Waals surface area contributed by atoms with Crippen LogP contribution in [0.15, 0.2) is 23.1 Å². The molecule has 9 heteroatoms. The molecule has 3 N–H and O–H groups in total. The van der Waals surface area contributed by atoms with E-state index < -0.39 is 34.6 Å². The summed E-state index contributed by atoms with van der Waals surface area (Å²) >= 11 is 0. The second kappa shape index (κ2) is 6.66. The molecule has 0 amide bonds. The molecule has 1 atom stereocenters. The van der Waals surface area contributed by atoms with Crippen LogP contribution in [0.3, 0.4) is 0 Å². The monoisotopic (exact) mass is 317 g/mol. The number of methoxy groups -OCH3 is 1. The number of esters is 1. The van der Waals surface area contributed by atoms with E-state index in [4.69, 9.17) is 10.2 Å². The zero-order valence-electron chi connectivity index (χ0n) is 11.4. The third kappa shape index (κ3) is 4.00. The summed E-state index contributed by atoms with van der Waals surface area (Å²) in [4.78, 5) is 21.9. The third-order valence-electron chi connectivity index (χ3n) is 2.68. The Labute approximate surface area is 121 Å². The number of sulfonamides is 1. The van der Waals surface area contributed by atoms with Crippen LogP contribution in [0.4, 0.5) is 0 Å². The fourth-order valence-corrected chi connectivity index (χ4v) is 3.00. The normalized spacial score (nSPS) is 12.7. The number of carboxylic acids is 1. The van der Waals surface area contributed by atoms with Gasteiger partial charge in [0.05, 0.1) is 24.2 Å². The largest absolute Gasteiger partial charge is 0.480 e. The molecule has 0 saturated carbocycles.